The molecule has 3 amide bonds. The fraction of sp³-hybridized carbons (Fsp3) is 0.105. The number of carbonyl (C=O) groups is 3. The second-order valence-corrected chi connectivity index (χ2v) is 7.27. The molecule has 0 aromatic heterocycles. The van der Waals surface area contributed by atoms with Gasteiger partial charge in [0.05, 0.1) is 4.91 Å². The van der Waals surface area contributed by atoms with Crippen LogP contribution >= 0.6 is 23.4 Å². The van der Waals surface area contributed by atoms with Gasteiger partial charge in [-0.3, -0.25) is 19.3 Å². The van der Waals surface area contributed by atoms with Crippen molar-refractivity contribution in [3.8, 4) is 5.75 Å². The van der Waals surface area contributed by atoms with E-state index in [1.54, 1.807) is 36.4 Å². The van der Waals surface area contributed by atoms with Crippen molar-refractivity contribution in [2.45, 2.75) is 6.92 Å². The summed E-state index contributed by atoms with van der Waals surface area (Å²) in [5.41, 5.74) is 2.03. The van der Waals surface area contributed by atoms with Crippen molar-refractivity contribution >= 4 is 52.2 Å². The van der Waals surface area contributed by atoms with E-state index in [9.17, 15) is 19.5 Å². The lowest BCUT2D eigenvalue weighted by atomic mass is 10.2. The van der Waals surface area contributed by atoms with Crippen molar-refractivity contribution in [2.75, 3.05) is 11.9 Å². The van der Waals surface area contributed by atoms with Gasteiger partial charge < -0.3 is 10.4 Å². The molecule has 1 saturated heterocycles. The van der Waals surface area contributed by atoms with Gasteiger partial charge in [0.1, 0.15) is 12.3 Å². The number of nitrogens with zero attached hydrogens (tertiary/aromatic N) is 1. The number of aromatic hydroxyl groups is 1. The van der Waals surface area contributed by atoms with Crippen molar-refractivity contribution in [2.24, 2.45) is 0 Å². The molecule has 2 aromatic rings. The van der Waals surface area contributed by atoms with Gasteiger partial charge in [0.15, 0.2) is 0 Å². The molecule has 1 aliphatic rings. The molecule has 0 aliphatic carbocycles. The second kappa shape index (κ2) is 7.85. The number of anilines is 1. The number of phenols is 1. The van der Waals surface area contributed by atoms with Crippen LogP contribution in [0.5, 0.6) is 5.75 Å². The van der Waals surface area contributed by atoms with Crippen LogP contribution in [0.3, 0.4) is 0 Å². The quantitative estimate of drug-likeness (QED) is 0.754. The Bertz CT molecular complexity index is 957. The van der Waals surface area contributed by atoms with Crippen LogP contribution in [0.2, 0.25) is 5.02 Å². The average molecular weight is 403 g/mol. The van der Waals surface area contributed by atoms with Crippen LogP contribution in [0.15, 0.2) is 47.4 Å². The van der Waals surface area contributed by atoms with Crippen LogP contribution in [0.4, 0.5) is 10.5 Å². The standard InChI is InChI=1S/C19H15ClN2O4S/c1-11-2-5-13(9-15(11)20)21-17(24)10-22-18(25)16(27-19(22)26)8-12-3-6-14(23)7-4-12/h2-9,23H,10H2,1H3,(H,21,24)/b16-8+. The predicted octanol–water partition coefficient (Wildman–Crippen LogP) is 4.03. The number of benzene rings is 2. The van der Waals surface area contributed by atoms with Crippen molar-refractivity contribution in [3.05, 3.63) is 63.5 Å². The lowest BCUT2D eigenvalue weighted by molar-refractivity contribution is -0.127. The minimum atomic E-state index is -0.532. The molecule has 0 unspecified atom stereocenters. The number of carbonyl (C=O) groups excluding carboxylic acids is 3. The number of thioether (sulfide) groups is 1. The zero-order chi connectivity index (χ0) is 19.6. The largest absolute Gasteiger partial charge is 0.508 e. The van der Waals surface area contributed by atoms with E-state index in [2.05, 4.69) is 5.32 Å². The smallest absolute Gasteiger partial charge is 0.294 e. The first-order valence-corrected chi connectivity index (χ1v) is 9.13. The fourth-order valence-corrected chi connectivity index (χ4v) is 3.39. The molecule has 3 rings (SSSR count). The molecule has 2 N–H and O–H groups in total. The van der Waals surface area contributed by atoms with Crippen LogP contribution in [-0.2, 0) is 9.59 Å². The molecule has 8 heteroatoms. The molecule has 0 atom stereocenters. The summed E-state index contributed by atoms with van der Waals surface area (Å²) in [6.45, 7) is 1.46. The van der Waals surface area contributed by atoms with Gasteiger partial charge in [0, 0.05) is 10.7 Å². The topological polar surface area (TPSA) is 86.7 Å². The van der Waals surface area contributed by atoms with Gasteiger partial charge in [-0.1, -0.05) is 29.8 Å². The summed E-state index contributed by atoms with van der Waals surface area (Å²) in [4.78, 5) is 37.9. The molecule has 0 radical (unpaired) electrons. The SMILES string of the molecule is Cc1ccc(NC(=O)CN2C(=O)S/C(=C/c3ccc(O)cc3)C2=O)cc1Cl. The van der Waals surface area contributed by atoms with E-state index >= 15 is 0 Å². The molecule has 1 fully saturated rings. The van der Waals surface area contributed by atoms with Crippen LogP contribution in [0, 0.1) is 6.92 Å². The molecule has 138 valence electrons. The van der Waals surface area contributed by atoms with Crippen molar-refractivity contribution in [3.63, 3.8) is 0 Å². The van der Waals surface area contributed by atoms with E-state index in [1.165, 1.54) is 12.1 Å². The molecule has 0 bridgehead atoms. The fourth-order valence-electron chi connectivity index (χ4n) is 2.37. The Morgan fingerprint density at radius 1 is 1.22 bits per heavy atom. The van der Waals surface area contributed by atoms with Crippen LogP contribution in [0.1, 0.15) is 11.1 Å². The third-order valence-corrected chi connectivity index (χ3v) is 5.14. The Labute approximate surface area is 164 Å². The molecular formula is C19H15ClN2O4S. The van der Waals surface area contributed by atoms with Crippen LogP contribution < -0.4 is 5.32 Å². The number of amides is 3. The summed E-state index contributed by atoms with van der Waals surface area (Å²) in [5.74, 6) is -0.925. The van der Waals surface area contributed by atoms with E-state index in [1.807, 2.05) is 6.92 Å². The number of hydrogen-bond acceptors (Lipinski definition) is 5. The summed E-state index contributed by atoms with van der Waals surface area (Å²) >= 11 is 6.79. The monoisotopic (exact) mass is 402 g/mol. The minimum absolute atomic E-state index is 0.105. The molecular weight excluding hydrogens is 388 g/mol. The Kier molecular flexibility index (Phi) is 5.53. The van der Waals surface area contributed by atoms with Gasteiger partial charge in [0.2, 0.25) is 5.91 Å². The van der Waals surface area contributed by atoms with Gasteiger partial charge in [-0.25, -0.2) is 0 Å². The van der Waals surface area contributed by atoms with Crippen LogP contribution in [0.25, 0.3) is 6.08 Å². The Morgan fingerprint density at radius 3 is 2.59 bits per heavy atom. The highest BCUT2D eigenvalue weighted by Crippen LogP contribution is 2.32. The Hall–Kier alpha value is -2.77. The van der Waals surface area contributed by atoms with Gasteiger partial charge in [-0.2, -0.15) is 0 Å². The molecule has 27 heavy (non-hydrogen) atoms. The molecule has 1 aliphatic heterocycles. The van der Waals surface area contributed by atoms with E-state index in [0.717, 1.165) is 22.2 Å². The first-order valence-electron chi connectivity index (χ1n) is 7.94. The van der Waals surface area contributed by atoms with E-state index < -0.39 is 17.1 Å². The van der Waals surface area contributed by atoms with Gasteiger partial charge in [-0.05, 0) is 60.2 Å². The molecule has 6 nitrogen and oxygen atoms in total. The number of aryl methyl sites for hydroxylation is 1. The lowest BCUT2D eigenvalue weighted by Gasteiger charge is -2.13. The number of phenolic OH excluding ortho intramolecular Hbond substituents is 1. The Morgan fingerprint density at radius 2 is 1.93 bits per heavy atom. The van der Waals surface area contributed by atoms with E-state index in [4.69, 9.17) is 11.6 Å². The number of imide groups is 1. The molecule has 0 saturated carbocycles. The summed E-state index contributed by atoms with van der Waals surface area (Å²) in [7, 11) is 0. The van der Waals surface area contributed by atoms with E-state index in [0.29, 0.717) is 16.3 Å². The maximum Gasteiger partial charge on any atom is 0.294 e. The van der Waals surface area contributed by atoms with Crippen molar-refractivity contribution in [1.82, 2.24) is 4.90 Å². The number of halogens is 1. The lowest BCUT2D eigenvalue weighted by Crippen LogP contribution is -2.36. The normalized spacial score (nSPS) is 15.5. The van der Waals surface area contributed by atoms with Crippen LogP contribution in [-0.4, -0.2) is 33.6 Å². The minimum Gasteiger partial charge on any atom is -0.508 e. The third kappa shape index (κ3) is 4.50. The number of hydrogen-bond donors (Lipinski definition) is 2. The maximum absolute atomic E-state index is 12.4. The zero-order valence-corrected chi connectivity index (χ0v) is 15.8. The summed E-state index contributed by atoms with van der Waals surface area (Å²) in [6.07, 6.45) is 1.54. The maximum atomic E-state index is 12.4. The predicted molar refractivity (Wildman–Crippen MR) is 106 cm³/mol. The van der Waals surface area contributed by atoms with Gasteiger partial charge >= 0.3 is 0 Å². The van der Waals surface area contributed by atoms with Crippen molar-refractivity contribution in [1.29, 1.82) is 0 Å². The summed E-state index contributed by atoms with van der Waals surface area (Å²) in [6, 6.07) is 11.3. The first kappa shape index (κ1) is 19.0. The molecule has 1 heterocycles. The number of rotatable bonds is 4. The van der Waals surface area contributed by atoms with E-state index in [-0.39, 0.29) is 17.2 Å². The van der Waals surface area contributed by atoms with Crippen molar-refractivity contribution < 1.29 is 19.5 Å². The Balaban J connectivity index is 1.68. The van der Waals surface area contributed by atoms with Gasteiger partial charge in [0.25, 0.3) is 11.1 Å². The highest BCUT2D eigenvalue weighted by atomic mass is 35.5. The average Bonchev–Trinajstić information content (AvgIpc) is 2.87. The zero-order valence-electron chi connectivity index (χ0n) is 14.2. The number of nitrogens with one attached hydrogen (secondary N) is 1. The summed E-state index contributed by atoms with van der Waals surface area (Å²) < 4.78 is 0. The highest BCUT2D eigenvalue weighted by Gasteiger charge is 2.36. The summed E-state index contributed by atoms with van der Waals surface area (Å²) in [5, 5.41) is 11.9. The highest BCUT2D eigenvalue weighted by molar-refractivity contribution is 8.18. The molecule has 0 spiro atoms. The van der Waals surface area contributed by atoms with Gasteiger partial charge in [-0.15, -0.1) is 0 Å². The third-order valence-electron chi connectivity index (χ3n) is 3.82. The second-order valence-electron chi connectivity index (χ2n) is 5.87. The molecule has 2 aromatic carbocycles. The first-order chi connectivity index (χ1) is 12.8.